The molecule has 1 saturated heterocycles. The van der Waals surface area contributed by atoms with E-state index in [2.05, 4.69) is 22.9 Å². The summed E-state index contributed by atoms with van der Waals surface area (Å²) in [4.78, 5) is 14.9. The van der Waals surface area contributed by atoms with Crippen molar-refractivity contribution in [3.8, 4) is 11.5 Å². The van der Waals surface area contributed by atoms with E-state index in [4.69, 9.17) is 21.7 Å². The number of rotatable bonds is 7. The highest BCUT2D eigenvalue weighted by Crippen LogP contribution is 2.34. The first kappa shape index (κ1) is 20.5. The Hall–Kier alpha value is -2.77. The van der Waals surface area contributed by atoms with Crippen molar-refractivity contribution in [2.45, 2.75) is 13.5 Å². The van der Waals surface area contributed by atoms with Gasteiger partial charge in [0, 0.05) is 29.2 Å². The van der Waals surface area contributed by atoms with E-state index in [1.54, 1.807) is 12.0 Å². The van der Waals surface area contributed by atoms with E-state index in [-0.39, 0.29) is 5.91 Å². The number of hydrogen-bond acceptors (Lipinski definition) is 5. The van der Waals surface area contributed by atoms with Crippen molar-refractivity contribution in [2.24, 2.45) is 0 Å². The summed E-state index contributed by atoms with van der Waals surface area (Å²) in [5.74, 6) is 1.58. The first-order valence-electron chi connectivity index (χ1n) is 9.70. The Kier molecular flexibility index (Phi) is 6.11. The average Bonchev–Trinajstić information content (AvgIpc) is 3.25. The summed E-state index contributed by atoms with van der Waals surface area (Å²) in [6, 6.07) is 15.7. The smallest absolute Gasteiger partial charge is 0.266 e. The van der Waals surface area contributed by atoms with Crippen molar-refractivity contribution in [2.75, 3.05) is 20.3 Å². The van der Waals surface area contributed by atoms with Crippen LogP contribution in [0.15, 0.2) is 59.6 Å². The fraction of sp³-hybridized carbons (Fsp3) is 0.217. The van der Waals surface area contributed by atoms with Crippen LogP contribution in [0.25, 0.3) is 17.0 Å². The van der Waals surface area contributed by atoms with Crippen LogP contribution in [0.4, 0.5) is 0 Å². The van der Waals surface area contributed by atoms with Crippen LogP contribution in [0.5, 0.6) is 11.5 Å². The van der Waals surface area contributed by atoms with Gasteiger partial charge in [-0.05, 0) is 43.3 Å². The zero-order valence-corrected chi connectivity index (χ0v) is 18.5. The Balaban J connectivity index is 1.54. The van der Waals surface area contributed by atoms with Crippen LogP contribution in [-0.4, -0.2) is 40.0 Å². The number of amides is 1. The number of ether oxygens (including phenoxy) is 2. The number of benzene rings is 2. The highest BCUT2D eigenvalue weighted by Gasteiger charge is 2.30. The molecule has 5 nitrogen and oxygen atoms in total. The summed E-state index contributed by atoms with van der Waals surface area (Å²) in [6.45, 7) is 3.74. The third-order valence-electron chi connectivity index (χ3n) is 4.96. The largest absolute Gasteiger partial charge is 0.497 e. The minimum absolute atomic E-state index is 0.0211. The molecule has 1 fully saturated rings. The number of methoxy groups -OCH3 is 1. The van der Waals surface area contributed by atoms with Crippen molar-refractivity contribution >= 4 is 51.2 Å². The molecule has 1 amide bonds. The maximum Gasteiger partial charge on any atom is 0.266 e. The lowest BCUT2D eigenvalue weighted by molar-refractivity contribution is -0.121. The van der Waals surface area contributed by atoms with Crippen LogP contribution in [0, 0.1) is 0 Å². The number of carbonyl (C=O) groups is 1. The maximum atomic E-state index is 12.6. The molecule has 0 atom stereocenters. The fourth-order valence-corrected chi connectivity index (χ4v) is 4.80. The normalized spacial score (nSPS) is 15.4. The molecule has 0 bridgehead atoms. The predicted octanol–water partition coefficient (Wildman–Crippen LogP) is 4.95. The van der Waals surface area contributed by atoms with E-state index >= 15 is 0 Å². The van der Waals surface area contributed by atoms with Gasteiger partial charge in [-0.3, -0.25) is 9.69 Å². The second kappa shape index (κ2) is 8.93. The van der Waals surface area contributed by atoms with Gasteiger partial charge in [-0.15, -0.1) is 0 Å². The van der Waals surface area contributed by atoms with E-state index in [0.717, 1.165) is 28.0 Å². The van der Waals surface area contributed by atoms with E-state index in [0.29, 0.717) is 28.9 Å². The molecule has 7 heteroatoms. The standard InChI is InChI=1S/C23H22N2O3S2/c1-3-25-22(26)21(30-23(25)29)14-16-15-24(20-7-5-4-6-19(16)20)12-13-28-18-10-8-17(27-2)9-11-18/h4-11,14-15H,3,12-13H2,1-2H3/b21-14-. The Morgan fingerprint density at radius 1 is 1.10 bits per heavy atom. The van der Waals surface area contributed by atoms with Crippen LogP contribution < -0.4 is 9.47 Å². The van der Waals surface area contributed by atoms with Gasteiger partial charge in [-0.1, -0.05) is 42.2 Å². The second-order valence-corrected chi connectivity index (χ2v) is 8.42. The molecule has 154 valence electrons. The number of likely N-dealkylation sites (N-methyl/N-ethyl adjacent to an activating group) is 1. The number of hydrogen-bond donors (Lipinski definition) is 0. The number of nitrogens with zero attached hydrogens (tertiary/aromatic N) is 2. The first-order valence-corrected chi connectivity index (χ1v) is 10.9. The topological polar surface area (TPSA) is 43.7 Å². The van der Waals surface area contributed by atoms with Crippen molar-refractivity contribution < 1.29 is 14.3 Å². The third-order valence-corrected chi connectivity index (χ3v) is 6.33. The summed E-state index contributed by atoms with van der Waals surface area (Å²) in [6.07, 6.45) is 4.01. The Bertz CT molecular complexity index is 1120. The lowest BCUT2D eigenvalue weighted by Crippen LogP contribution is -2.27. The molecule has 2 aromatic carbocycles. The molecule has 1 aliphatic rings. The molecule has 2 heterocycles. The first-order chi connectivity index (χ1) is 14.6. The Morgan fingerprint density at radius 3 is 2.53 bits per heavy atom. The van der Waals surface area contributed by atoms with Gasteiger partial charge in [0.05, 0.1) is 18.6 Å². The van der Waals surface area contributed by atoms with Gasteiger partial charge in [0.25, 0.3) is 5.91 Å². The van der Waals surface area contributed by atoms with Crippen molar-refractivity contribution in [1.29, 1.82) is 0 Å². The van der Waals surface area contributed by atoms with Gasteiger partial charge >= 0.3 is 0 Å². The zero-order chi connectivity index (χ0) is 21.1. The molecule has 0 aliphatic carbocycles. The van der Waals surface area contributed by atoms with Gasteiger partial charge < -0.3 is 14.0 Å². The van der Waals surface area contributed by atoms with Gasteiger partial charge in [-0.25, -0.2) is 0 Å². The summed E-state index contributed by atoms with van der Waals surface area (Å²) < 4.78 is 13.8. The molecular weight excluding hydrogens is 416 g/mol. The van der Waals surface area contributed by atoms with Crippen LogP contribution in [0.2, 0.25) is 0 Å². The van der Waals surface area contributed by atoms with Gasteiger partial charge in [0.15, 0.2) is 0 Å². The second-order valence-electron chi connectivity index (χ2n) is 6.74. The fourth-order valence-electron chi connectivity index (χ4n) is 3.42. The van der Waals surface area contributed by atoms with E-state index < -0.39 is 0 Å². The number of thioether (sulfide) groups is 1. The minimum atomic E-state index is -0.0211. The molecule has 0 N–H and O–H groups in total. The van der Waals surface area contributed by atoms with Gasteiger partial charge in [0.1, 0.15) is 22.4 Å². The van der Waals surface area contributed by atoms with Crippen molar-refractivity contribution in [3.05, 3.63) is 65.2 Å². The SMILES string of the molecule is CCN1C(=O)/C(=C/c2cn(CCOc3ccc(OC)cc3)c3ccccc23)SC1=S. The van der Waals surface area contributed by atoms with E-state index in [9.17, 15) is 4.79 Å². The number of para-hydroxylation sites is 1. The number of aromatic nitrogens is 1. The molecule has 1 aliphatic heterocycles. The van der Waals surface area contributed by atoms with Crippen molar-refractivity contribution in [3.63, 3.8) is 0 Å². The van der Waals surface area contributed by atoms with Crippen LogP contribution in [0.3, 0.4) is 0 Å². The zero-order valence-electron chi connectivity index (χ0n) is 16.8. The Labute approximate surface area is 185 Å². The summed E-state index contributed by atoms with van der Waals surface area (Å²) in [7, 11) is 1.64. The molecule has 0 saturated carbocycles. The van der Waals surface area contributed by atoms with Gasteiger partial charge in [0.2, 0.25) is 0 Å². The number of fused-ring (bicyclic) bond motifs is 1. The summed E-state index contributed by atoms with van der Waals surface area (Å²) >= 11 is 6.69. The summed E-state index contributed by atoms with van der Waals surface area (Å²) in [5, 5.41) is 1.10. The summed E-state index contributed by atoms with van der Waals surface area (Å²) in [5.41, 5.74) is 2.11. The lowest BCUT2D eigenvalue weighted by atomic mass is 10.1. The number of carbonyl (C=O) groups excluding carboxylic acids is 1. The molecule has 30 heavy (non-hydrogen) atoms. The Morgan fingerprint density at radius 2 is 1.83 bits per heavy atom. The van der Waals surface area contributed by atoms with E-state index in [1.165, 1.54) is 11.8 Å². The van der Waals surface area contributed by atoms with E-state index in [1.807, 2.05) is 49.4 Å². The maximum absolute atomic E-state index is 12.6. The van der Waals surface area contributed by atoms with Crippen LogP contribution >= 0.6 is 24.0 Å². The number of thiocarbonyl (C=S) groups is 1. The monoisotopic (exact) mass is 438 g/mol. The molecule has 0 spiro atoms. The molecule has 0 radical (unpaired) electrons. The molecule has 0 unspecified atom stereocenters. The highest BCUT2D eigenvalue weighted by molar-refractivity contribution is 8.26. The highest BCUT2D eigenvalue weighted by atomic mass is 32.2. The molecule has 1 aromatic heterocycles. The average molecular weight is 439 g/mol. The predicted molar refractivity (Wildman–Crippen MR) is 126 cm³/mol. The molecule has 4 rings (SSSR count). The minimum Gasteiger partial charge on any atom is -0.497 e. The van der Waals surface area contributed by atoms with Crippen LogP contribution in [0.1, 0.15) is 12.5 Å². The van der Waals surface area contributed by atoms with Crippen molar-refractivity contribution in [1.82, 2.24) is 9.47 Å². The third kappa shape index (κ3) is 4.08. The lowest BCUT2D eigenvalue weighted by Gasteiger charge is -2.09. The van der Waals surface area contributed by atoms with Crippen LogP contribution in [-0.2, 0) is 11.3 Å². The quantitative estimate of drug-likeness (QED) is 0.386. The molecule has 3 aromatic rings. The molecular formula is C23H22N2O3S2. The van der Waals surface area contributed by atoms with Gasteiger partial charge in [-0.2, -0.15) is 0 Å².